The third kappa shape index (κ3) is 4.86. The lowest BCUT2D eigenvalue weighted by molar-refractivity contribution is 0.266. The molecule has 2 rings (SSSR count). The topological polar surface area (TPSA) is 34.4 Å². The summed E-state index contributed by atoms with van der Waals surface area (Å²) in [5, 5.41) is 3.34. The average Bonchev–Trinajstić information content (AvgIpc) is 2.77. The number of ether oxygens (including phenoxy) is 1. The fourth-order valence-corrected chi connectivity index (χ4v) is 2.44. The van der Waals surface area contributed by atoms with Gasteiger partial charge in [-0.15, -0.1) is 0 Å². The molecular weight excluding hydrogens is 337 g/mol. The number of nitrogens with one attached hydrogen (secondary N) is 1. The molecule has 0 bridgehead atoms. The van der Waals surface area contributed by atoms with Crippen molar-refractivity contribution in [3.8, 4) is 5.75 Å². The van der Waals surface area contributed by atoms with Crippen LogP contribution in [0, 0.1) is 12.7 Å². The summed E-state index contributed by atoms with van der Waals surface area (Å²) >= 11 is 3.24. The van der Waals surface area contributed by atoms with Crippen LogP contribution in [0.3, 0.4) is 0 Å². The van der Waals surface area contributed by atoms with Gasteiger partial charge in [0.2, 0.25) is 0 Å². The molecule has 1 aromatic heterocycles. The van der Waals surface area contributed by atoms with Gasteiger partial charge in [-0.05, 0) is 38.1 Å². The quantitative estimate of drug-likeness (QED) is 0.738. The third-order valence-electron chi connectivity index (χ3n) is 3.03. The van der Waals surface area contributed by atoms with Crippen molar-refractivity contribution in [3.05, 3.63) is 51.6 Å². The van der Waals surface area contributed by atoms with Crippen molar-refractivity contribution < 1.29 is 13.5 Å². The maximum absolute atomic E-state index is 13.3. The molecule has 0 unspecified atom stereocenters. The molecule has 0 amide bonds. The lowest BCUT2D eigenvalue weighted by Gasteiger charge is -2.04. The zero-order chi connectivity index (χ0) is 15.2. The van der Waals surface area contributed by atoms with E-state index in [0.29, 0.717) is 10.2 Å². The Morgan fingerprint density at radius 1 is 1.29 bits per heavy atom. The minimum Gasteiger partial charge on any atom is -0.486 e. The molecule has 0 aliphatic heterocycles. The van der Waals surface area contributed by atoms with Crippen LogP contribution >= 0.6 is 15.9 Å². The molecule has 1 heterocycles. The van der Waals surface area contributed by atoms with Crippen LogP contribution in [0.25, 0.3) is 0 Å². The van der Waals surface area contributed by atoms with Gasteiger partial charge in [-0.2, -0.15) is 0 Å². The average molecular weight is 356 g/mol. The lowest BCUT2D eigenvalue weighted by Crippen LogP contribution is -2.13. The van der Waals surface area contributed by atoms with Gasteiger partial charge < -0.3 is 14.5 Å². The first kappa shape index (κ1) is 16.0. The third-order valence-corrected chi connectivity index (χ3v) is 3.49. The number of benzene rings is 1. The summed E-state index contributed by atoms with van der Waals surface area (Å²) in [5.41, 5.74) is 1.13. The summed E-state index contributed by atoms with van der Waals surface area (Å²) in [6.45, 7) is 6.11. The van der Waals surface area contributed by atoms with Gasteiger partial charge in [0.25, 0.3) is 0 Å². The van der Waals surface area contributed by atoms with Crippen LogP contribution in [-0.2, 0) is 13.2 Å². The van der Waals surface area contributed by atoms with Gasteiger partial charge in [0, 0.05) is 22.6 Å². The van der Waals surface area contributed by atoms with E-state index in [4.69, 9.17) is 9.15 Å². The Morgan fingerprint density at radius 2 is 2.10 bits per heavy atom. The Labute approximate surface area is 132 Å². The van der Waals surface area contributed by atoms with E-state index in [1.165, 1.54) is 12.1 Å². The van der Waals surface area contributed by atoms with E-state index in [2.05, 4.69) is 28.2 Å². The van der Waals surface area contributed by atoms with E-state index in [1.807, 2.05) is 13.0 Å². The smallest absolute Gasteiger partial charge is 0.146 e. The van der Waals surface area contributed by atoms with Crippen molar-refractivity contribution >= 4 is 15.9 Å². The van der Waals surface area contributed by atoms with Crippen LogP contribution in [0.5, 0.6) is 5.75 Å². The summed E-state index contributed by atoms with van der Waals surface area (Å²) in [6, 6.07) is 6.45. The molecule has 114 valence electrons. The molecule has 0 fully saturated rings. The molecule has 3 nitrogen and oxygen atoms in total. The molecular formula is C16H19BrFNO2. The number of aryl methyl sites for hydroxylation is 1. The summed E-state index contributed by atoms with van der Waals surface area (Å²) in [7, 11) is 0. The first-order chi connectivity index (χ1) is 10.1. The van der Waals surface area contributed by atoms with Crippen molar-refractivity contribution in [1.29, 1.82) is 0 Å². The van der Waals surface area contributed by atoms with E-state index in [9.17, 15) is 4.39 Å². The summed E-state index contributed by atoms with van der Waals surface area (Å²) in [4.78, 5) is 0. The van der Waals surface area contributed by atoms with Gasteiger partial charge in [0.1, 0.15) is 29.7 Å². The molecule has 21 heavy (non-hydrogen) atoms. The second-order valence-electron chi connectivity index (χ2n) is 4.86. The number of halogens is 2. The molecule has 0 saturated heterocycles. The van der Waals surface area contributed by atoms with Crippen molar-refractivity contribution in [2.24, 2.45) is 0 Å². The van der Waals surface area contributed by atoms with Crippen molar-refractivity contribution in [2.45, 2.75) is 33.4 Å². The van der Waals surface area contributed by atoms with E-state index in [0.717, 1.165) is 36.6 Å². The number of furan rings is 1. The van der Waals surface area contributed by atoms with Gasteiger partial charge >= 0.3 is 0 Å². The predicted octanol–water partition coefficient (Wildman–Crippen LogP) is 4.57. The second kappa shape index (κ2) is 7.61. The standard InChI is InChI=1S/C16H19BrFNO2/c1-3-4-19-9-12-5-16(21-11(12)2)10-20-15-7-13(17)6-14(18)8-15/h5-8,19H,3-4,9-10H2,1-2H3. The highest BCUT2D eigenvalue weighted by Gasteiger charge is 2.08. The Kier molecular flexibility index (Phi) is 5.82. The largest absolute Gasteiger partial charge is 0.486 e. The zero-order valence-electron chi connectivity index (χ0n) is 12.2. The van der Waals surface area contributed by atoms with Crippen LogP contribution in [0.1, 0.15) is 30.4 Å². The summed E-state index contributed by atoms with van der Waals surface area (Å²) in [5.74, 6) is 1.76. The van der Waals surface area contributed by atoms with Crippen molar-refractivity contribution in [3.63, 3.8) is 0 Å². The predicted molar refractivity (Wildman–Crippen MR) is 83.9 cm³/mol. The van der Waals surface area contributed by atoms with Crippen LogP contribution in [0.15, 0.2) is 33.2 Å². The monoisotopic (exact) mass is 355 g/mol. The molecule has 1 N–H and O–H groups in total. The molecule has 5 heteroatoms. The molecule has 2 aromatic rings. The maximum Gasteiger partial charge on any atom is 0.146 e. The number of rotatable bonds is 7. The van der Waals surface area contributed by atoms with E-state index >= 15 is 0 Å². The van der Waals surface area contributed by atoms with Gasteiger partial charge in [-0.3, -0.25) is 0 Å². The number of hydrogen-bond donors (Lipinski definition) is 1. The highest BCUT2D eigenvalue weighted by atomic mass is 79.9. The van der Waals surface area contributed by atoms with E-state index < -0.39 is 0 Å². The summed E-state index contributed by atoms with van der Waals surface area (Å²) < 4.78 is 25.1. The van der Waals surface area contributed by atoms with Gasteiger partial charge in [0.15, 0.2) is 0 Å². The molecule has 0 saturated carbocycles. The van der Waals surface area contributed by atoms with Crippen LogP contribution in [0.4, 0.5) is 4.39 Å². The van der Waals surface area contributed by atoms with Crippen LogP contribution in [0.2, 0.25) is 0 Å². The number of hydrogen-bond acceptors (Lipinski definition) is 3. The van der Waals surface area contributed by atoms with Crippen molar-refractivity contribution in [1.82, 2.24) is 5.32 Å². The van der Waals surface area contributed by atoms with E-state index in [-0.39, 0.29) is 12.4 Å². The van der Waals surface area contributed by atoms with Gasteiger partial charge in [-0.25, -0.2) is 4.39 Å². The zero-order valence-corrected chi connectivity index (χ0v) is 13.8. The molecule has 0 radical (unpaired) electrons. The Hall–Kier alpha value is -1.33. The van der Waals surface area contributed by atoms with Crippen molar-refractivity contribution in [2.75, 3.05) is 6.54 Å². The second-order valence-corrected chi connectivity index (χ2v) is 5.78. The van der Waals surface area contributed by atoms with Crippen LogP contribution in [-0.4, -0.2) is 6.54 Å². The fourth-order valence-electron chi connectivity index (χ4n) is 2.00. The first-order valence-corrected chi connectivity index (χ1v) is 7.75. The normalized spacial score (nSPS) is 10.9. The molecule has 0 spiro atoms. The lowest BCUT2D eigenvalue weighted by atomic mass is 10.2. The maximum atomic E-state index is 13.3. The Morgan fingerprint density at radius 3 is 2.81 bits per heavy atom. The van der Waals surface area contributed by atoms with Crippen LogP contribution < -0.4 is 10.1 Å². The van der Waals surface area contributed by atoms with Gasteiger partial charge in [-0.1, -0.05) is 22.9 Å². The minimum atomic E-state index is -0.334. The van der Waals surface area contributed by atoms with E-state index in [1.54, 1.807) is 6.07 Å². The first-order valence-electron chi connectivity index (χ1n) is 6.96. The SMILES string of the molecule is CCCNCc1cc(COc2cc(F)cc(Br)c2)oc1C. The van der Waals surface area contributed by atoms with Gasteiger partial charge in [0.05, 0.1) is 0 Å². The Bertz CT molecular complexity index is 578. The molecule has 1 aromatic carbocycles. The molecule has 0 aliphatic rings. The summed E-state index contributed by atoms with van der Waals surface area (Å²) in [6.07, 6.45) is 1.10. The molecule has 0 aliphatic carbocycles. The Balaban J connectivity index is 1.95. The fraction of sp³-hybridized carbons (Fsp3) is 0.375. The highest BCUT2D eigenvalue weighted by Crippen LogP contribution is 2.22. The molecule has 0 atom stereocenters. The highest BCUT2D eigenvalue weighted by molar-refractivity contribution is 9.10. The minimum absolute atomic E-state index is 0.282.